The summed E-state index contributed by atoms with van der Waals surface area (Å²) in [5.74, 6) is -0.215. The number of carbonyl (C=O) groups is 2. The van der Waals surface area contributed by atoms with Crippen LogP contribution in [0.1, 0.15) is 43.7 Å². The molecule has 14 heteroatoms. The van der Waals surface area contributed by atoms with Crippen LogP contribution in [-0.4, -0.2) is 109 Å². The van der Waals surface area contributed by atoms with Crippen LogP contribution in [0.5, 0.6) is 11.5 Å². The van der Waals surface area contributed by atoms with E-state index in [9.17, 15) is 19.8 Å². The van der Waals surface area contributed by atoms with Crippen LogP contribution in [0.4, 0.5) is 0 Å². The average Bonchev–Trinajstić information content (AvgIpc) is 3.57. The Labute approximate surface area is 358 Å². The summed E-state index contributed by atoms with van der Waals surface area (Å²) in [6.45, 7) is 0.144. The number of benzene rings is 5. The van der Waals surface area contributed by atoms with Crippen LogP contribution in [0.25, 0.3) is 0 Å². The number of methoxy groups -OCH3 is 1. The highest BCUT2D eigenvalue weighted by Gasteiger charge is 2.58. The molecule has 4 aliphatic rings. The van der Waals surface area contributed by atoms with Crippen molar-refractivity contribution >= 4 is 11.8 Å². The maximum atomic E-state index is 14.4. The van der Waals surface area contributed by atoms with Gasteiger partial charge < -0.3 is 52.8 Å². The number of amides is 2. The number of hydrogen-bond acceptors (Lipinski definition) is 13. The van der Waals surface area contributed by atoms with Crippen molar-refractivity contribution in [1.82, 2.24) is 4.90 Å². The van der Waals surface area contributed by atoms with Gasteiger partial charge in [0, 0.05) is 5.56 Å². The summed E-state index contributed by atoms with van der Waals surface area (Å²) in [5.41, 5.74) is 2.85. The van der Waals surface area contributed by atoms with Crippen LogP contribution in [0.3, 0.4) is 0 Å². The van der Waals surface area contributed by atoms with E-state index >= 15 is 0 Å². The lowest BCUT2D eigenvalue weighted by Crippen LogP contribution is -2.69. The van der Waals surface area contributed by atoms with Gasteiger partial charge in [-0.25, -0.2) is 0 Å². The van der Waals surface area contributed by atoms with Crippen molar-refractivity contribution in [3.63, 3.8) is 0 Å². The molecule has 322 valence electrons. The zero-order valence-corrected chi connectivity index (χ0v) is 33.8. The predicted molar refractivity (Wildman–Crippen MR) is 220 cm³/mol. The van der Waals surface area contributed by atoms with E-state index in [0.29, 0.717) is 11.5 Å². The highest BCUT2D eigenvalue weighted by molar-refractivity contribution is 6.21. The molecule has 11 atom stereocenters. The maximum absolute atomic E-state index is 14.4. The number of aliphatic hydroxyl groups excluding tert-OH is 2. The topological polar surface area (TPSA) is 161 Å². The second kappa shape index (κ2) is 18.8. The maximum Gasteiger partial charge on any atom is 0.262 e. The molecule has 4 aliphatic heterocycles. The van der Waals surface area contributed by atoms with Gasteiger partial charge in [0.15, 0.2) is 12.6 Å². The summed E-state index contributed by atoms with van der Waals surface area (Å²) in [6.07, 6.45) is -12.0. The van der Waals surface area contributed by atoms with Gasteiger partial charge in [-0.3, -0.25) is 14.5 Å². The van der Waals surface area contributed by atoms with Crippen LogP contribution in [0.15, 0.2) is 140 Å². The molecule has 5 aromatic carbocycles. The van der Waals surface area contributed by atoms with E-state index in [1.807, 2.05) is 91.0 Å². The SMILES string of the molecule is COc1ccc(O[C@@H]2O[C@H](COCc3ccccc3)[C@@H](O[C@@H]3O[C@@H]4CO[C@@H](c5ccccc5)O[C@H]4[C@H](O)[C@@H]3O)[C@H](OCc3ccccc3)[C@H]2N2C(=O)c3ccccc3C2=O)cc1. The van der Waals surface area contributed by atoms with Gasteiger partial charge in [-0.2, -0.15) is 0 Å². The molecule has 0 radical (unpaired) electrons. The van der Waals surface area contributed by atoms with Gasteiger partial charge in [0.05, 0.1) is 44.7 Å². The summed E-state index contributed by atoms with van der Waals surface area (Å²) < 4.78 is 57.2. The van der Waals surface area contributed by atoms with Gasteiger partial charge in [0.2, 0.25) is 6.29 Å². The van der Waals surface area contributed by atoms with Crippen LogP contribution in [0, 0.1) is 0 Å². The van der Waals surface area contributed by atoms with E-state index in [4.69, 9.17) is 42.6 Å². The van der Waals surface area contributed by atoms with Crippen molar-refractivity contribution in [2.75, 3.05) is 20.3 Å². The average molecular weight is 846 g/mol. The van der Waals surface area contributed by atoms with Crippen molar-refractivity contribution in [2.24, 2.45) is 0 Å². The first-order valence-corrected chi connectivity index (χ1v) is 20.6. The highest BCUT2D eigenvalue weighted by atomic mass is 16.8. The third-order valence-electron chi connectivity index (χ3n) is 11.4. The Morgan fingerprint density at radius 1 is 0.645 bits per heavy atom. The number of hydrogen-bond donors (Lipinski definition) is 2. The smallest absolute Gasteiger partial charge is 0.262 e. The fourth-order valence-corrected chi connectivity index (χ4v) is 8.28. The van der Waals surface area contributed by atoms with Crippen molar-refractivity contribution < 1.29 is 62.4 Å². The Kier molecular flexibility index (Phi) is 12.7. The summed E-state index contributed by atoms with van der Waals surface area (Å²) in [5, 5.41) is 23.4. The molecule has 14 nitrogen and oxygen atoms in total. The molecule has 3 saturated heterocycles. The fourth-order valence-electron chi connectivity index (χ4n) is 8.28. The minimum atomic E-state index is -1.63. The van der Waals surface area contributed by atoms with Crippen molar-refractivity contribution in [1.29, 1.82) is 0 Å². The van der Waals surface area contributed by atoms with E-state index < -0.39 is 79.5 Å². The zero-order valence-electron chi connectivity index (χ0n) is 33.8. The highest BCUT2D eigenvalue weighted by Crippen LogP contribution is 2.40. The number of fused-ring (bicyclic) bond motifs is 2. The van der Waals surface area contributed by atoms with E-state index in [2.05, 4.69) is 0 Å². The molecule has 0 saturated carbocycles. The molecule has 0 spiro atoms. The molecule has 9 rings (SSSR count). The van der Waals surface area contributed by atoms with E-state index in [1.54, 1.807) is 55.6 Å². The molecule has 0 unspecified atom stereocenters. The molecule has 2 amide bonds. The van der Waals surface area contributed by atoms with Crippen LogP contribution >= 0.6 is 0 Å². The lowest BCUT2D eigenvalue weighted by molar-refractivity contribution is -0.382. The van der Waals surface area contributed by atoms with E-state index in [-0.39, 0.29) is 37.6 Å². The number of rotatable bonds is 14. The fraction of sp³-hybridized carbons (Fsp3) is 0.333. The lowest BCUT2D eigenvalue weighted by Gasteiger charge is -2.51. The third-order valence-corrected chi connectivity index (χ3v) is 11.4. The van der Waals surface area contributed by atoms with Gasteiger partial charge in [-0.15, -0.1) is 0 Å². The number of nitrogens with zero attached hydrogens (tertiary/aromatic N) is 1. The standard InChI is InChI=1S/C48H47NO13/c1-54-32-21-23-33(24-22-32)58-47-38(49-44(52)34-19-11-12-20-35(34)45(49)53)43(56-26-30-15-7-3-8-16-30)42(36(59-47)27-55-25-29-13-5-2-6-14-29)62-48-40(51)39(50)41-37(60-48)28-57-46(61-41)31-17-9-4-10-18-31/h2-24,36-43,46-48,50-51H,25-28H2,1H3/t36-,37-,38-,39-,40+,41-,42-,43-,46-,47-,48+/m1/s1. The van der Waals surface area contributed by atoms with Gasteiger partial charge in [-0.05, 0) is 47.5 Å². The molecule has 0 aromatic heterocycles. The normalized spacial score (nSPS) is 29.5. The van der Waals surface area contributed by atoms with Crippen molar-refractivity contribution in [3.05, 3.63) is 167 Å². The molecule has 0 bridgehead atoms. The molecule has 4 heterocycles. The first-order valence-electron chi connectivity index (χ1n) is 20.6. The molecule has 2 N–H and O–H groups in total. The number of ether oxygens (including phenoxy) is 9. The Morgan fingerprint density at radius 3 is 1.89 bits per heavy atom. The van der Waals surface area contributed by atoms with Gasteiger partial charge in [0.25, 0.3) is 11.8 Å². The Morgan fingerprint density at radius 2 is 1.24 bits per heavy atom. The largest absolute Gasteiger partial charge is 0.497 e. The Hall–Kier alpha value is -5.52. The van der Waals surface area contributed by atoms with Gasteiger partial charge in [-0.1, -0.05) is 103 Å². The monoisotopic (exact) mass is 845 g/mol. The Balaban J connectivity index is 1.08. The number of imide groups is 1. The lowest BCUT2D eigenvalue weighted by atomic mass is 9.93. The van der Waals surface area contributed by atoms with Crippen LogP contribution < -0.4 is 9.47 Å². The van der Waals surface area contributed by atoms with Gasteiger partial charge in [0.1, 0.15) is 60.3 Å². The summed E-state index contributed by atoms with van der Waals surface area (Å²) in [6, 6.07) is 40.3. The number of carbonyl (C=O) groups excluding carboxylic acids is 2. The molecule has 5 aromatic rings. The molecule has 62 heavy (non-hydrogen) atoms. The molecular weight excluding hydrogens is 799 g/mol. The van der Waals surface area contributed by atoms with E-state index in [1.165, 1.54) is 0 Å². The summed E-state index contributed by atoms with van der Waals surface area (Å²) in [7, 11) is 1.55. The third kappa shape index (κ3) is 8.75. The summed E-state index contributed by atoms with van der Waals surface area (Å²) in [4.78, 5) is 30.0. The zero-order chi connectivity index (χ0) is 42.6. The Bertz CT molecular complexity index is 2230. The molecular formula is C48H47NO13. The first-order chi connectivity index (χ1) is 30.4. The van der Waals surface area contributed by atoms with E-state index in [0.717, 1.165) is 21.6 Å². The quantitative estimate of drug-likeness (QED) is 0.140. The van der Waals surface area contributed by atoms with Crippen LogP contribution in [0.2, 0.25) is 0 Å². The minimum Gasteiger partial charge on any atom is -0.497 e. The van der Waals surface area contributed by atoms with Crippen molar-refractivity contribution in [2.45, 2.75) is 80.9 Å². The predicted octanol–water partition coefficient (Wildman–Crippen LogP) is 5.21. The van der Waals surface area contributed by atoms with Crippen molar-refractivity contribution in [3.8, 4) is 11.5 Å². The minimum absolute atomic E-state index is 0.0157. The van der Waals surface area contributed by atoms with Crippen LogP contribution in [-0.2, 0) is 46.4 Å². The number of aliphatic hydroxyl groups is 2. The summed E-state index contributed by atoms with van der Waals surface area (Å²) >= 11 is 0. The second-order valence-corrected chi connectivity index (χ2v) is 15.4. The molecule has 3 fully saturated rings. The first kappa shape index (κ1) is 41.8. The molecule has 0 aliphatic carbocycles. The second-order valence-electron chi connectivity index (χ2n) is 15.4. The van der Waals surface area contributed by atoms with Gasteiger partial charge >= 0.3 is 0 Å².